The Kier molecular flexibility index (Phi) is 7.24. The lowest BCUT2D eigenvalue weighted by Gasteiger charge is -2.35. The molecule has 0 aliphatic carbocycles. The van der Waals surface area contributed by atoms with Crippen molar-refractivity contribution in [2.75, 3.05) is 31.6 Å². The number of benzene rings is 2. The lowest BCUT2D eigenvalue weighted by atomic mass is 9.90. The molecule has 2 unspecified atom stereocenters. The minimum Gasteiger partial charge on any atom is -0.497 e. The molecule has 0 aromatic heterocycles. The quantitative estimate of drug-likeness (QED) is 0.531. The molecule has 1 saturated heterocycles. The minimum absolute atomic E-state index is 0.0685. The van der Waals surface area contributed by atoms with E-state index in [4.69, 9.17) is 9.47 Å². The van der Waals surface area contributed by atoms with Crippen molar-refractivity contribution in [2.24, 2.45) is 5.92 Å². The summed E-state index contributed by atoms with van der Waals surface area (Å²) in [5.41, 5.74) is 2.45. The maximum atomic E-state index is 12.5. The van der Waals surface area contributed by atoms with Gasteiger partial charge in [0.05, 0.1) is 19.9 Å². The normalized spacial score (nSPS) is 16.7. The first-order chi connectivity index (χ1) is 14.0. The zero-order valence-electron chi connectivity index (χ0n) is 16.5. The van der Waals surface area contributed by atoms with E-state index >= 15 is 0 Å². The first-order valence-electron chi connectivity index (χ1n) is 9.48. The molecular formula is C21H26N2O5S. The van der Waals surface area contributed by atoms with E-state index in [2.05, 4.69) is 5.32 Å². The van der Waals surface area contributed by atoms with Crippen molar-refractivity contribution < 1.29 is 23.0 Å². The van der Waals surface area contributed by atoms with Crippen molar-refractivity contribution in [2.45, 2.75) is 18.9 Å². The number of esters is 1. The van der Waals surface area contributed by atoms with Gasteiger partial charge >= 0.3 is 5.97 Å². The monoisotopic (exact) mass is 418 g/mol. The number of hydrogen-bond acceptors (Lipinski definition) is 5. The Hall–Kier alpha value is -2.42. The van der Waals surface area contributed by atoms with Crippen LogP contribution in [-0.2, 0) is 20.8 Å². The number of hydrogen-bond donors (Lipinski definition) is 2. The van der Waals surface area contributed by atoms with E-state index in [1.165, 1.54) is 11.4 Å². The van der Waals surface area contributed by atoms with Gasteiger partial charge in [-0.05, 0) is 67.2 Å². The number of carbonyl (C=O) groups is 1. The van der Waals surface area contributed by atoms with Gasteiger partial charge in [0, 0.05) is 0 Å². The van der Waals surface area contributed by atoms with Crippen LogP contribution in [0.1, 0.15) is 12.8 Å². The topological polar surface area (TPSA) is 88.1 Å². The maximum Gasteiger partial charge on any atom is 0.329 e. The minimum atomic E-state index is -2.37. The van der Waals surface area contributed by atoms with E-state index in [9.17, 15) is 13.6 Å². The molecule has 0 saturated carbocycles. The van der Waals surface area contributed by atoms with Crippen LogP contribution in [0.4, 0.5) is 5.69 Å². The Morgan fingerprint density at radius 1 is 1.07 bits per heavy atom. The molecular weight excluding hydrogens is 392 g/mol. The molecule has 8 heteroatoms. The third kappa shape index (κ3) is 4.95. The Morgan fingerprint density at radius 3 is 2.10 bits per heavy atom. The second-order valence-electron chi connectivity index (χ2n) is 6.89. The summed E-state index contributed by atoms with van der Waals surface area (Å²) in [6.45, 7) is 1.53. The molecule has 3 rings (SSSR count). The molecule has 0 amide bonds. The second kappa shape index (κ2) is 9.87. The first kappa shape index (κ1) is 21.3. The van der Waals surface area contributed by atoms with Crippen molar-refractivity contribution >= 4 is 22.9 Å². The van der Waals surface area contributed by atoms with Gasteiger partial charge in [-0.3, -0.25) is 8.86 Å². The van der Waals surface area contributed by atoms with E-state index in [0.29, 0.717) is 5.69 Å². The van der Waals surface area contributed by atoms with Gasteiger partial charge in [-0.1, -0.05) is 24.3 Å². The van der Waals surface area contributed by atoms with E-state index in [0.717, 1.165) is 42.8 Å². The summed E-state index contributed by atoms with van der Waals surface area (Å²) in [6.07, 6.45) is 1.47. The predicted molar refractivity (Wildman–Crippen MR) is 113 cm³/mol. The fourth-order valence-corrected chi connectivity index (χ4v) is 4.45. The fraction of sp³-hybridized carbons (Fsp3) is 0.381. The zero-order chi connectivity index (χ0) is 20.8. The van der Waals surface area contributed by atoms with Crippen LogP contribution < -0.4 is 14.4 Å². The van der Waals surface area contributed by atoms with Crippen LogP contribution in [0.5, 0.6) is 5.75 Å². The summed E-state index contributed by atoms with van der Waals surface area (Å²) < 4.78 is 33.7. The Morgan fingerprint density at radius 2 is 1.62 bits per heavy atom. The third-order valence-electron chi connectivity index (χ3n) is 5.24. The fourth-order valence-electron chi connectivity index (χ4n) is 3.69. The standard InChI is InChI=1S/C21H26N2O5S/c1-27-19-9-5-16(6-10-19)15-3-7-18(8-4-15)23(29(25)26)20(21(24)28-2)17-11-13-22-14-12-17/h3-10,17,20,22H,11-14H2,1-2H3,(H,25,26). The summed E-state index contributed by atoms with van der Waals surface area (Å²) in [5.74, 6) is 0.203. The van der Waals surface area contributed by atoms with Crippen molar-refractivity contribution in [1.29, 1.82) is 0 Å². The van der Waals surface area contributed by atoms with Gasteiger partial charge in [0.25, 0.3) is 11.3 Å². The van der Waals surface area contributed by atoms with Crippen LogP contribution in [0.3, 0.4) is 0 Å². The summed E-state index contributed by atoms with van der Waals surface area (Å²) in [6, 6.07) is 14.1. The van der Waals surface area contributed by atoms with Crippen LogP contribution in [0, 0.1) is 5.92 Å². The number of carbonyl (C=O) groups excluding carboxylic acids is 1. The summed E-state index contributed by atoms with van der Waals surface area (Å²) in [4.78, 5) is 12.5. The molecule has 0 radical (unpaired) electrons. The van der Waals surface area contributed by atoms with Gasteiger partial charge in [0.1, 0.15) is 11.8 Å². The number of ether oxygens (including phenoxy) is 2. The second-order valence-corrected chi connectivity index (χ2v) is 7.74. The number of nitrogens with one attached hydrogen (secondary N) is 1. The summed E-state index contributed by atoms with van der Waals surface area (Å²) in [7, 11) is 2.93. The van der Waals surface area contributed by atoms with Gasteiger partial charge in [0.15, 0.2) is 0 Å². The molecule has 2 atom stereocenters. The Labute approximate surface area is 173 Å². The molecule has 1 fully saturated rings. The Balaban J connectivity index is 1.90. The van der Waals surface area contributed by atoms with Gasteiger partial charge in [-0.2, -0.15) is 0 Å². The molecule has 1 aliphatic rings. The number of piperidine rings is 1. The third-order valence-corrected chi connectivity index (χ3v) is 6.01. The SMILES string of the molecule is COC(=O)C(C1CCNCC1)N(c1ccc(-c2ccc(OC)cc2)cc1)S(=O)O. The van der Waals surface area contributed by atoms with Crippen LogP contribution in [-0.4, -0.2) is 48.1 Å². The van der Waals surface area contributed by atoms with Gasteiger partial charge < -0.3 is 14.8 Å². The van der Waals surface area contributed by atoms with Gasteiger partial charge in [-0.15, -0.1) is 0 Å². The van der Waals surface area contributed by atoms with Crippen LogP contribution in [0.2, 0.25) is 0 Å². The van der Waals surface area contributed by atoms with Crippen molar-refractivity contribution in [3.63, 3.8) is 0 Å². The molecule has 2 aromatic rings. The van der Waals surface area contributed by atoms with Crippen LogP contribution in [0.15, 0.2) is 48.5 Å². The molecule has 2 N–H and O–H groups in total. The van der Waals surface area contributed by atoms with Crippen molar-refractivity contribution in [3.05, 3.63) is 48.5 Å². The number of rotatable bonds is 7. The molecule has 7 nitrogen and oxygen atoms in total. The summed E-state index contributed by atoms with van der Waals surface area (Å²) in [5, 5.41) is 3.25. The van der Waals surface area contributed by atoms with Gasteiger partial charge in [-0.25, -0.2) is 9.00 Å². The maximum absolute atomic E-state index is 12.5. The van der Waals surface area contributed by atoms with Crippen LogP contribution in [0.25, 0.3) is 11.1 Å². The van der Waals surface area contributed by atoms with Gasteiger partial charge in [0.2, 0.25) is 0 Å². The molecule has 0 bridgehead atoms. The highest BCUT2D eigenvalue weighted by molar-refractivity contribution is 7.80. The molecule has 2 aromatic carbocycles. The van der Waals surface area contributed by atoms with E-state index in [1.54, 1.807) is 19.2 Å². The lowest BCUT2D eigenvalue weighted by molar-refractivity contribution is -0.143. The molecule has 1 heterocycles. The van der Waals surface area contributed by atoms with Crippen molar-refractivity contribution in [3.8, 4) is 16.9 Å². The average Bonchev–Trinajstić information content (AvgIpc) is 2.77. The smallest absolute Gasteiger partial charge is 0.329 e. The molecule has 1 aliphatic heterocycles. The van der Waals surface area contributed by atoms with E-state index in [-0.39, 0.29) is 5.92 Å². The highest BCUT2D eigenvalue weighted by Crippen LogP contribution is 2.30. The number of methoxy groups -OCH3 is 2. The van der Waals surface area contributed by atoms with Crippen LogP contribution >= 0.6 is 0 Å². The summed E-state index contributed by atoms with van der Waals surface area (Å²) >= 11 is -2.37. The van der Waals surface area contributed by atoms with E-state index < -0.39 is 23.3 Å². The highest BCUT2D eigenvalue weighted by Gasteiger charge is 2.38. The molecule has 0 spiro atoms. The first-order valence-corrected chi connectivity index (χ1v) is 10.5. The van der Waals surface area contributed by atoms with E-state index in [1.807, 2.05) is 36.4 Å². The largest absolute Gasteiger partial charge is 0.497 e. The number of anilines is 1. The highest BCUT2D eigenvalue weighted by atomic mass is 32.2. The zero-order valence-corrected chi connectivity index (χ0v) is 17.4. The molecule has 156 valence electrons. The average molecular weight is 419 g/mol. The number of nitrogens with zero attached hydrogens (tertiary/aromatic N) is 1. The predicted octanol–water partition coefficient (Wildman–Crippen LogP) is 2.85. The lowest BCUT2D eigenvalue weighted by Crippen LogP contribution is -2.50. The van der Waals surface area contributed by atoms with Crippen molar-refractivity contribution in [1.82, 2.24) is 5.32 Å². The molecule has 29 heavy (non-hydrogen) atoms. The Bertz CT molecular complexity index is 835.